The van der Waals surface area contributed by atoms with E-state index in [0.29, 0.717) is 29.5 Å². The summed E-state index contributed by atoms with van der Waals surface area (Å²) in [5.74, 6) is 2.97. The van der Waals surface area contributed by atoms with Gasteiger partial charge in [0.1, 0.15) is 5.82 Å². The third kappa shape index (κ3) is 3.68. The third-order valence-electron chi connectivity index (χ3n) is 6.05. The van der Waals surface area contributed by atoms with Gasteiger partial charge in [0.2, 0.25) is 5.95 Å². The highest BCUT2D eigenvalue weighted by atomic mass is 16.5. The Kier molecular flexibility index (Phi) is 4.62. The molecule has 28 heavy (non-hydrogen) atoms. The predicted molar refractivity (Wildman–Crippen MR) is 111 cm³/mol. The van der Waals surface area contributed by atoms with Crippen LogP contribution in [-0.2, 0) is 0 Å². The van der Waals surface area contributed by atoms with E-state index in [2.05, 4.69) is 15.5 Å². The molecule has 0 atom stereocenters. The average molecular weight is 383 g/mol. The van der Waals surface area contributed by atoms with E-state index in [1.54, 1.807) is 14.2 Å². The first-order valence-corrected chi connectivity index (χ1v) is 10.4. The molecule has 1 saturated heterocycles. The van der Waals surface area contributed by atoms with Crippen molar-refractivity contribution in [2.75, 3.05) is 37.9 Å². The molecule has 3 aliphatic rings. The zero-order valence-corrected chi connectivity index (χ0v) is 16.7. The summed E-state index contributed by atoms with van der Waals surface area (Å²) < 4.78 is 11.0. The van der Waals surface area contributed by atoms with Crippen molar-refractivity contribution in [1.29, 1.82) is 0 Å². The van der Waals surface area contributed by atoms with Gasteiger partial charge in [0.05, 0.1) is 19.7 Å². The van der Waals surface area contributed by atoms with Crippen LogP contribution in [0, 0.1) is 0 Å². The molecule has 2 saturated carbocycles. The van der Waals surface area contributed by atoms with E-state index in [9.17, 15) is 0 Å². The summed E-state index contributed by atoms with van der Waals surface area (Å²) in [7, 11) is 3.31. The second-order valence-corrected chi connectivity index (χ2v) is 8.22. The molecule has 0 radical (unpaired) electrons. The van der Waals surface area contributed by atoms with Crippen molar-refractivity contribution in [2.45, 2.75) is 56.7 Å². The number of piperidine rings is 1. The molecule has 7 heteroatoms. The number of ether oxygens (including phenoxy) is 2. The molecule has 0 bridgehead atoms. The van der Waals surface area contributed by atoms with Gasteiger partial charge in [-0.1, -0.05) is 0 Å². The maximum Gasteiger partial charge on any atom is 0.225 e. The number of likely N-dealkylation sites (tertiary alicyclic amines) is 1. The van der Waals surface area contributed by atoms with E-state index in [0.717, 1.165) is 35.6 Å². The molecule has 2 heterocycles. The minimum absolute atomic E-state index is 0.440. The van der Waals surface area contributed by atoms with E-state index in [1.165, 1.54) is 38.8 Å². The van der Waals surface area contributed by atoms with Crippen LogP contribution in [0.15, 0.2) is 12.1 Å². The lowest BCUT2D eigenvalue weighted by Crippen LogP contribution is -2.40. The van der Waals surface area contributed by atoms with Gasteiger partial charge in [0, 0.05) is 42.7 Å². The number of rotatable bonds is 7. The smallest absolute Gasteiger partial charge is 0.225 e. The number of nitrogens with one attached hydrogen (secondary N) is 2. The first-order valence-electron chi connectivity index (χ1n) is 10.4. The second kappa shape index (κ2) is 7.28. The van der Waals surface area contributed by atoms with Gasteiger partial charge in [0.15, 0.2) is 11.5 Å². The van der Waals surface area contributed by atoms with Crippen molar-refractivity contribution in [2.24, 2.45) is 0 Å². The normalized spacial score (nSPS) is 20.9. The van der Waals surface area contributed by atoms with Crippen molar-refractivity contribution in [3.8, 4) is 11.5 Å². The highest BCUT2D eigenvalue weighted by molar-refractivity contribution is 5.92. The van der Waals surface area contributed by atoms with Crippen LogP contribution < -0.4 is 20.1 Å². The van der Waals surface area contributed by atoms with E-state index in [1.807, 2.05) is 12.1 Å². The van der Waals surface area contributed by atoms with Gasteiger partial charge in [-0.3, -0.25) is 0 Å². The van der Waals surface area contributed by atoms with E-state index >= 15 is 0 Å². The molecule has 1 aromatic heterocycles. The second-order valence-electron chi connectivity index (χ2n) is 8.22. The molecule has 2 N–H and O–H groups in total. The molecule has 150 valence electrons. The van der Waals surface area contributed by atoms with E-state index < -0.39 is 0 Å². The SMILES string of the molecule is COc1cc2nc(NC3CC3)nc(NC3CCN(C4CC4)CC3)c2cc1OC. The number of hydrogen-bond donors (Lipinski definition) is 2. The lowest BCUT2D eigenvalue weighted by Gasteiger charge is -2.32. The number of fused-ring (bicyclic) bond motifs is 1. The summed E-state index contributed by atoms with van der Waals surface area (Å²) in [5, 5.41) is 8.13. The van der Waals surface area contributed by atoms with Crippen molar-refractivity contribution in [3.05, 3.63) is 12.1 Å². The first kappa shape index (κ1) is 17.8. The van der Waals surface area contributed by atoms with Crippen LogP contribution >= 0.6 is 0 Å². The molecule has 1 aliphatic heterocycles. The standard InChI is InChI=1S/C21H29N5O2/c1-27-18-11-16-17(12-19(18)28-2)24-21(23-13-3-4-13)25-20(16)22-14-7-9-26(10-8-14)15-5-6-15/h11-15H,3-10H2,1-2H3,(H2,22,23,24,25). The monoisotopic (exact) mass is 383 g/mol. The van der Waals surface area contributed by atoms with Crippen molar-refractivity contribution >= 4 is 22.7 Å². The topological polar surface area (TPSA) is 71.5 Å². The zero-order valence-electron chi connectivity index (χ0n) is 16.7. The zero-order chi connectivity index (χ0) is 19.1. The Balaban J connectivity index is 1.44. The average Bonchev–Trinajstić information content (AvgIpc) is 3.62. The Morgan fingerprint density at radius 3 is 2.18 bits per heavy atom. The van der Waals surface area contributed by atoms with E-state index in [-0.39, 0.29) is 0 Å². The van der Waals surface area contributed by atoms with Crippen molar-refractivity contribution in [3.63, 3.8) is 0 Å². The Morgan fingerprint density at radius 1 is 0.857 bits per heavy atom. The lowest BCUT2D eigenvalue weighted by molar-refractivity contribution is 0.210. The summed E-state index contributed by atoms with van der Waals surface area (Å²) in [6.07, 6.45) is 7.45. The number of nitrogens with zero attached hydrogens (tertiary/aromatic N) is 3. The fraction of sp³-hybridized carbons (Fsp3) is 0.619. The molecular formula is C21H29N5O2. The minimum atomic E-state index is 0.440. The van der Waals surface area contributed by atoms with Crippen LogP contribution in [0.3, 0.4) is 0 Å². The number of anilines is 2. The van der Waals surface area contributed by atoms with Crippen LogP contribution in [-0.4, -0.2) is 60.3 Å². The Bertz CT molecular complexity index is 857. The maximum absolute atomic E-state index is 5.51. The number of benzene rings is 1. The van der Waals surface area contributed by atoms with Gasteiger partial charge in [-0.25, -0.2) is 4.98 Å². The number of aromatic nitrogens is 2. The molecule has 5 rings (SSSR count). The van der Waals surface area contributed by atoms with Crippen LogP contribution in [0.5, 0.6) is 11.5 Å². The van der Waals surface area contributed by atoms with Crippen LogP contribution in [0.1, 0.15) is 38.5 Å². The number of hydrogen-bond acceptors (Lipinski definition) is 7. The maximum atomic E-state index is 5.51. The van der Waals surface area contributed by atoms with Gasteiger partial charge < -0.3 is 25.0 Å². The Hall–Kier alpha value is -2.28. The van der Waals surface area contributed by atoms with Gasteiger partial charge in [-0.2, -0.15) is 4.98 Å². The van der Waals surface area contributed by atoms with Gasteiger partial charge >= 0.3 is 0 Å². The molecule has 1 aromatic carbocycles. The fourth-order valence-corrected chi connectivity index (χ4v) is 4.08. The van der Waals surface area contributed by atoms with Crippen molar-refractivity contribution < 1.29 is 9.47 Å². The van der Waals surface area contributed by atoms with Crippen molar-refractivity contribution in [1.82, 2.24) is 14.9 Å². The quantitative estimate of drug-likeness (QED) is 0.760. The van der Waals surface area contributed by atoms with Crippen LogP contribution in [0.4, 0.5) is 11.8 Å². The Labute approximate surface area is 165 Å². The molecule has 7 nitrogen and oxygen atoms in total. The summed E-state index contributed by atoms with van der Waals surface area (Å²) >= 11 is 0. The minimum Gasteiger partial charge on any atom is -0.493 e. The molecule has 2 aliphatic carbocycles. The molecule has 2 aromatic rings. The Morgan fingerprint density at radius 2 is 1.54 bits per heavy atom. The number of methoxy groups -OCH3 is 2. The predicted octanol–water partition coefficient (Wildman–Crippen LogP) is 3.26. The van der Waals surface area contributed by atoms with Crippen LogP contribution in [0.25, 0.3) is 10.9 Å². The molecular weight excluding hydrogens is 354 g/mol. The first-order chi connectivity index (χ1) is 13.7. The van der Waals surface area contributed by atoms with Gasteiger partial charge in [-0.05, 0) is 44.6 Å². The summed E-state index contributed by atoms with van der Waals surface area (Å²) in [6, 6.07) is 5.72. The van der Waals surface area contributed by atoms with E-state index in [4.69, 9.17) is 19.4 Å². The third-order valence-corrected chi connectivity index (χ3v) is 6.05. The summed E-state index contributed by atoms with van der Waals surface area (Å²) in [5.41, 5.74) is 0.869. The fourth-order valence-electron chi connectivity index (χ4n) is 4.08. The largest absolute Gasteiger partial charge is 0.493 e. The lowest BCUT2D eigenvalue weighted by atomic mass is 10.0. The van der Waals surface area contributed by atoms with Gasteiger partial charge in [0.25, 0.3) is 0 Å². The molecule has 0 amide bonds. The highest BCUT2D eigenvalue weighted by Gasteiger charge is 2.32. The highest BCUT2D eigenvalue weighted by Crippen LogP contribution is 2.36. The summed E-state index contributed by atoms with van der Waals surface area (Å²) in [4.78, 5) is 12.2. The molecule has 0 unspecified atom stereocenters. The molecule has 3 fully saturated rings. The summed E-state index contributed by atoms with van der Waals surface area (Å²) in [6.45, 7) is 2.35. The van der Waals surface area contributed by atoms with Gasteiger partial charge in [-0.15, -0.1) is 0 Å². The van der Waals surface area contributed by atoms with Crippen LogP contribution in [0.2, 0.25) is 0 Å². The molecule has 0 spiro atoms.